The maximum absolute atomic E-state index is 13.8. The highest BCUT2D eigenvalue weighted by Gasteiger charge is 2.14. The highest BCUT2D eigenvalue weighted by molar-refractivity contribution is 7.13. The second-order valence-electron chi connectivity index (χ2n) is 7.10. The summed E-state index contributed by atoms with van der Waals surface area (Å²) in [5, 5.41) is 5.19. The van der Waals surface area contributed by atoms with Gasteiger partial charge in [-0.1, -0.05) is 30.3 Å². The van der Waals surface area contributed by atoms with Crippen molar-refractivity contribution in [3.8, 4) is 22.1 Å². The SMILES string of the molecule is COc1cc(-c2nc(C(=O)NCc3ccccc3)cs2)ccc1OCc1cc(F)ccc1F. The molecule has 4 aromatic rings. The highest BCUT2D eigenvalue weighted by Crippen LogP contribution is 2.34. The van der Waals surface area contributed by atoms with Crippen molar-refractivity contribution in [3.63, 3.8) is 0 Å². The number of ether oxygens (including phenoxy) is 2. The van der Waals surface area contributed by atoms with Crippen molar-refractivity contribution < 1.29 is 23.0 Å². The van der Waals surface area contributed by atoms with Crippen molar-refractivity contribution in [1.82, 2.24) is 10.3 Å². The molecule has 0 aliphatic rings. The number of hydrogen-bond acceptors (Lipinski definition) is 5. The summed E-state index contributed by atoms with van der Waals surface area (Å²) in [5.41, 5.74) is 2.17. The zero-order valence-electron chi connectivity index (χ0n) is 17.7. The van der Waals surface area contributed by atoms with Crippen molar-refractivity contribution in [2.24, 2.45) is 0 Å². The van der Waals surface area contributed by atoms with Crippen LogP contribution in [0.3, 0.4) is 0 Å². The normalized spacial score (nSPS) is 10.6. The monoisotopic (exact) mass is 466 g/mol. The van der Waals surface area contributed by atoms with Crippen LogP contribution in [0.25, 0.3) is 10.6 Å². The molecular weight excluding hydrogens is 446 g/mol. The molecule has 0 saturated carbocycles. The van der Waals surface area contributed by atoms with E-state index in [1.165, 1.54) is 18.4 Å². The Morgan fingerprint density at radius 2 is 1.85 bits per heavy atom. The third-order valence-corrected chi connectivity index (χ3v) is 5.73. The Morgan fingerprint density at radius 3 is 2.64 bits per heavy atom. The molecule has 0 radical (unpaired) electrons. The molecule has 1 amide bonds. The van der Waals surface area contributed by atoms with Gasteiger partial charge in [0, 0.05) is 23.1 Å². The lowest BCUT2D eigenvalue weighted by atomic mass is 10.2. The van der Waals surface area contributed by atoms with E-state index in [2.05, 4.69) is 10.3 Å². The van der Waals surface area contributed by atoms with E-state index in [1.807, 2.05) is 30.3 Å². The first-order valence-electron chi connectivity index (χ1n) is 10.1. The lowest BCUT2D eigenvalue weighted by Crippen LogP contribution is -2.23. The predicted molar refractivity (Wildman–Crippen MR) is 122 cm³/mol. The van der Waals surface area contributed by atoms with E-state index in [4.69, 9.17) is 9.47 Å². The molecule has 8 heteroatoms. The van der Waals surface area contributed by atoms with Crippen molar-refractivity contribution in [2.45, 2.75) is 13.2 Å². The Balaban J connectivity index is 1.44. The Kier molecular flexibility index (Phi) is 6.95. The van der Waals surface area contributed by atoms with Crippen LogP contribution in [0.2, 0.25) is 0 Å². The molecule has 3 aromatic carbocycles. The number of rotatable bonds is 8. The average molecular weight is 467 g/mol. The average Bonchev–Trinajstić information content (AvgIpc) is 3.34. The predicted octanol–water partition coefficient (Wildman–Crippen LogP) is 5.61. The van der Waals surface area contributed by atoms with Crippen molar-refractivity contribution in [1.29, 1.82) is 0 Å². The third-order valence-electron chi connectivity index (χ3n) is 4.83. The summed E-state index contributed by atoms with van der Waals surface area (Å²) in [6.07, 6.45) is 0. The van der Waals surface area contributed by atoms with Gasteiger partial charge in [0.2, 0.25) is 0 Å². The van der Waals surface area contributed by atoms with Gasteiger partial charge in [-0.15, -0.1) is 11.3 Å². The summed E-state index contributed by atoms with van der Waals surface area (Å²) in [5.74, 6) is -0.556. The van der Waals surface area contributed by atoms with E-state index in [0.29, 0.717) is 28.7 Å². The van der Waals surface area contributed by atoms with Crippen LogP contribution in [-0.2, 0) is 13.2 Å². The fraction of sp³-hybridized carbons (Fsp3) is 0.120. The van der Waals surface area contributed by atoms with E-state index in [9.17, 15) is 13.6 Å². The molecule has 1 aromatic heterocycles. The molecule has 4 rings (SSSR count). The molecule has 0 aliphatic carbocycles. The molecule has 0 spiro atoms. The van der Waals surface area contributed by atoms with Gasteiger partial charge in [-0.3, -0.25) is 4.79 Å². The lowest BCUT2D eigenvalue weighted by Gasteiger charge is -2.12. The van der Waals surface area contributed by atoms with Crippen LogP contribution in [0.1, 0.15) is 21.6 Å². The van der Waals surface area contributed by atoms with Crippen LogP contribution in [0, 0.1) is 11.6 Å². The summed E-state index contributed by atoms with van der Waals surface area (Å²) < 4.78 is 38.3. The summed E-state index contributed by atoms with van der Waals surface area (Å²) in [7, 11) is 1.49. The van der Waals surface area contributed by atoms with Crippen LogP contribution in [-0.4, -0.2) is 18.0 Å². The fourth-order valence-electron chi connectivity index (χ4n) is 3.11. The number of amides is 1. The van der Waals surface area contributed by atoms with E-state index < -0.39 is 11.6 Å². The van der Waals surface area contributed by atoms with Gasteiger partial charge in [0.1, 0.15) is 28.9 Å². The number of nitrogens with zero attached hydrogens (tertiary/aromatic N) is 1. The zero-order valence-corrected chi connectivity index (χ0v) is 18.5. The van der Waals surface area contributed by atoms with Gasteiger partial charge < -0.3 is 14.8 Å². The molecule has 1 N–H and O–H groups in total. The largest absolute Gasteiger partial charge is 0.493 e. The van der Waals surface area contributed by atoms with Crippen molar-refractivity contribution in [3.05, 3.63) is 101 Å². The van der Waals surface area contributed by atoms with Gasteiger partial charge in [0.05, 0.1) is 7.11 Å². The molecule has 168 valence electrons. The number of nitrogens with one attached hydrogen (secondary N) is 1. The van der Waals surface area contributed by atoms with E-state index in [0.717, 1.165) is 29.3 Å². The molecule has 0 fully saturated rings. The molecule has 0 aliphatic heterocycles. The highest BCUT2D eigenvalue weighted by atomic mass is 32.1. The van der Waals surface area contributed by atoms with Crippen LogP contribution >= 0.6 is 11.3 Å². The lowest BCUT2D eigenvalue weighted by molar-refractivity contribution is 0.0946. The van der Waals surface area contributed by atoms with Crippen LogP contribution in [0.5, 0.6) is 11.5 Å². The molecule has 0 saturated heterocycles. The van der Waals surface area contributed by atoms with Crippen LogP contribution in [0.15, 0.2) is 72.1 Å². The second kappa shape index (κ2) is 10.2. The first-order chi connectivity index (χ1) is 16.0. The van der Waals surface area contributed by atoms with Crippen molar-refractivity contribution in [2.75, 3.05) is 7.11 Å². The maximum atomic E-state index is 13.8. The molecule has 33 heavy (non-hydrogen) atoms. The minimum Gasteiger partial charge on any atom is -0.493 e. The summed E-state index contributed by atoms with van der Waals surface area (Å²) in [4.78, 5) is 16.9. The number of methoxy groups -OCH3 is 1. The topological polar surface area (TPSA) is 60.5 Å². The quantitative estimate of drug-likeness (QED) is 0.367. The summed E-state index contributed by atoms with van der Waals surface area (Å²) >= 11 is 1.33. The Labute approximate surface area is 193 Å². The minimum absolute atomic E-state index is 0.104. The number of carbonyl (C=O) groups excluding carboxylic acids is 1. The number of thiazole rings is 1. The molecular formula is C25H20F2N2O3S. The number of carbonyl (C=O) groups is 1. The van der Waals surface area contributed by atoms with E-state index >= 15 is 0 Å². The smallest absolute Gasteiger partial charge is 0.271 e. The molecule has 0 bridgehead atoms. The minimum atomic E-state index is -0.548. The number of hydrogen-bond donors (Lipinski definition) is 1. The van der Waals surface area contributed by atoms with Crippen LogP contribution in [0.4, 0.5) is 8.78 Å². The van der Waals surface area contributed by atoms with Crippen LogP contribution < -0.4 is 14.8 Å². The number of benzene rings is 3. The Morgan fingerprint density at radius 1 is 1.03 bits per heavy atom. The molecule has 5 nitrogen and oxygen atoms in total. The van der Waals surface area contributed by atoms with Gasteiger partial charge in [0.15, 0.2) is 11.5 Å². The maximum Gasteiger partial charge on any atom is 0.271 e. The molecule has 0 atom stereocenters. The number of aromatic nitrogens is 1. The zero-order chi connectivity index (χ0) is 23.2. The van der Waals surface area contributed by atoms with Gasteiger partial charge in [0.25, 0.3) is 5.91 Å². The van der Waals surface area contributed by atoms with Gasteiger partial charge in [-0.2, -0.15) is 0 Å². The summed E-state index contributed by atoms with van der Waals surface area (Å²) in [6, 6.07) is 18.0. The number of halogens is 2. The standard InChI is InChI=1S/C25H20F2N2O3S/c1-31-23-12-17(7-10-22(23)32-14-18-11-19(26)8-9-20(18)27)25-29-21(15-33-25)24(30)28-13-16-5-3-2-4-6-16/h2-12,15H,13-14H2,1H3,(H,28,30). The first kappa shape index (κ1) is 22.4. The van der Waals surface area contributed by atoms with E-state index in [-0.39, 0.29) is 18.1 Å². The Bertz CT molecular complexity index is 1260. The van der Waals surface area contributed by atoms with Gasteiger partial charge in [-0.05, 0) is 42.0 Å². The molecule has 0 unspecified atom stereocenters. The van der Waals surface area contributed by atoms with Gasteiger partial charge in [-0.25, -0.2) is 13.8 Å². The van der Waals surface area contributed by atoms with E-state index in [1.54, 1.807) is 23.6 Å². The second-order valence-corrected chi connectivity index (χ2v) is 7.95. The fourth-order valence-corrected chi connectivity index (χ4v) is 3.91. The Hall–Kier alpha value is -3.78. The third kappa shape index (κ3) is 5.53. The summed E-state index contributed by atoms with van der Waals surface area (Å²) in [6.45, 7) is 0.264. The van der Waals surface area contributed by atoms with Gasteiger partial charge >= 0.3 is 0 Å². The first-order valence-corrected chi connectivity index (χ1v) is 10.9. The van der Waals surface area contributed by atoms with Crippen molar-refractivity contribution >= 4 is 17.2 Å². The molecule has 1 heterocycles.